The van der Waals surface area contributed by atoms with Crippen molar-refractivity contribution in [3.63, 3.8) is 0 Å². The highest BCUT2D eigenvalue weighted by molar-refractivity contribution is 6.11. The first-order valence-corrected chi connectivity index (χ1v) is 10.4. The Hall–Kier alpha value is -3.75. The first-order valence-electron chi connectivity index (χ1n) is 10.4. The van der Waals surface area contributed by atoms with Gasteiger partial charge in [0.25, 0.3) is 0 Å². The number of benzene rings is 2. The van der Waals surface area contributed by atoms with Gasteiger partial charge in [0.2, 0.25) is 5.91 Å². The second-order valence-electron chi connectivity index (χ2n) is 8.13. The fourth-order valence-corrected chi connectivity index (χ4v) is 4.77. The van der Waals surface area contributed by atoms with Gasteiger partial charge in [-0.1, -0.05) is 18.2 Å². The molecular formula is C24H17F3N2O4. The second kappa shape index (κ2) is 6.87. The van der Waals surface area contributed by atoms with Crippen LogP contribution in [0.25, 0.3) is 0 Å². The minimum Gasteiger partial charge on any atom is -0.491 e. The number of para-hydroxylation sites is 1. The molecule has 2 aromatic carbocycles. The Balaban J connectivity index is 1.45. The molecule has 33 heavy (non-hydrogen) atoms. The number of ether oxygens (including phenoxy) is 3. The van der Waals surface area contributed by atoms with Gasteiger partial charge in [0.05, 0.1) is 17.8 Å². The smallest absolute Gasteiger partial charge is 0.416 e. The molecule has 3 aromatic rings. The van der Waals surface area contributed by atoms with Crippen molar-refractivity contribution in [3.8, 4) is 17.2 Å². The van der Waals surface area contributed by atoms with Crippen molar-refractivity contribution in [2.24, 2.45) is 0 Å². The molecule has 6 nitrogen and oxygen atoms in total. The van der Waals surface area contributed by atoms with Crippen LogP contribution >= 0.6 is 0 Å². The SMILES string of the molecule is O=C1N(Cc2cc(C(F)(F)F)ccn2)c2ccccc2C12COc1cc3c(cc12)OCCO3. The van der Waals surface area contributed by atoms with E-state index in [1.54, 1.807) is 24.3 Å². The standard InChI is InChI=1S/C24H17F3N2O4/c25-24(26,27)14-5-6-28-15(9-14)12-29-18-4-2-1-3-16(18)23(22(29)30)13-33-19-11-21-20(10-17(19)23)31-7-8-32-21/h1-6,9-11H,7-8,12-13H2. The van der Waals surface area contributed by atoms with E-state index >= 15 is 0 Å². The highest BCUT2D eigenvalue weighted by Gasteiger charge is 2.57. The maximum absolute atomic E-state index is 13.9. The van der Waals surface area contributed by atoms with Gasteiger partial charge in [-0.05, 0) is 29.8 Å². The molecule has 1 amide bonds. The maximum Gasteiger partial charge on any atom is 0.416 e. The summed E-state index contributed by atoms with van der Waals surface area (Å²) in [4.78, 5) is 19.5. The lowest BCUT2D eigenvalue weighted by molar-refractivity contribution is -0.137. The molecule has 1 aromatic heterocycles. The fourth-order valence-electron chi connectivity index (χ4n) is 4.77. The number of anilines is 1. The van der Waals surface area contributed by atoms with E-state index in [9.17, 15) is 18.0 Å². The number of halogens is 3. The number of hydrogen-bond acceptors (Lipinski definition) is 5. The van der Waals surface area contributed by atoms with Gasteiger partial charge in [-0.2, -0.15) is 13.2 Å². The number of amides is 1. The molecule has 0 saturated heterocycles. The lowest BCUT2D eigenvalue weighted by Crippen LogP contribution is -2.42. The van der Waals surface area contributed by atoms with Gasteiger partial charge in [-0.25, -0.2) is 0 Å². The molecule has 3 aliphatic heterocycles. The summed E-state index contributed by atoms with van der Waals surface area (Å²) in [5, 5.41) is 0. The van der Waals surface area contributed by atoms with Gasteiger partial charge in [-0.3, -0.25) is 9.78 Å². The topological polar surface area (TPSA) is 60.9 Å². The van der Waals surface area contributed by atoms with E-state index in [1.165, 1.54) is 4.90 Å². The van der Waals surface area contributed by atoms with Gasteiger partial charge in [-0.15, -0.1) is 0 Å². The molecule has 4 heterocycles. The Kier molecular flexibility index (Phi) is 4.14. The van der Waals surface area contributed by atoms with E-state index in [4.69, 9.17) is 14.2 Å². The van der Waals surface area contributed by atoms with E-state index in [2.05, 4.69) is 4.98 Å². The molecule has 1 unspecified atom stereocenters. The molecule has 6 rings (SSSR count). The van der Waals surface area contributed by atoms with Crippen LogP contribution < -0.4 is 19.1 Å². The van der Waals surface area contributed by atoms with Crippen molar-refractivity contribution >= 4 is 11.6 Å². The Morgan fingerprint density at radius 2 is 1.70 bits per heavy atom. The summed E-state index contributed by atoms with van der Waals surface area (Å²) in [6.45, 7) is 0.809. The van der Waals surface area contributed by atoms with Crippen molar-refractivity contribution in [3.05, 3.63) is 77.1 Å². The minimum atomic E-state index is -4.49. The predicted octanol–water partition coefficient (Wildman–Crippen LogP) is 4.10. The van der Waals surface area contributed by atoms with E-state index in [0.29, 0.717) is 41.7 Å². The van der Waals surface area contributed by atoms with Crippen molar-refractivity contribution in [2.45, 2.75) is 18.1 Å². The molecule has 0 saturated carbocycles. The van der Waals surface area contributed by atoms with Gasteiger partial charge in [0.1, 0.15) is 31.0 Å². The average Bonchev–Trinajstić information content (AvgIpc) is 3.29. The Labute approximate surface area is 186 Å². The largest absolute Gasteiger partial charge is 0.491 e. The number of alkyl halides is 3. The first kappa shape index (κ1) is 19.9. The summed E-state index contributed by atoms with van der Waals surface area (Å²) in [6.07, 6.45) is -3.39. The van der Waals surface area contributed by atoms with Crippen molar-refractivity contribution in [2.75, 3.05) is 24.7 Å². The number of carbonyl (C=O) groups excluding carboxylic acids is 1. The van der Waals surface area contributed by atoms with E-state index < -0.39 is 17.2 Å². The molecule has 9 heteroatoms. The molecule has 0 radical (unpaired) electrons. The first-order chi connectivity index (χ1) is 15.9. The minimum absolute atomic E-state index is 0.0770. The lowest BCUT2D eigenvalue weighted by Gasteiger charge is -2.24. The van der Waals surface area contributed by atoms with Crippen molar-refractivity contribution in [1.82, 2.24) is 4.98 Å². The Bertz CT molecular complexity index is 1290. The molecule has 0 fully saturated rings. The van der Waals surface area contributed by atoms with Crippen LogP contribution in [0.4, 0.5) is 18.9 Å². The van der Waals surface area contributed by atoms with Crippen molar-refractivity contribution < 1.29 is 32.2 Å². The third kappa shape index (κ3) is 2.88. The third-order valence-electron chi connectivity index (χ3n) is 6.28. The molecule has 168 valence electrons. The highest BCUT2D eigenvalue weighted by Crippen LogP contribution is 2.55. The van der Waals surface area contributed by atoms with Crippen molar-refractivity contribution in [1.29, 1.82) is 0 Å². The summed E-state index contributed by atoms with van der Waals surface area (Å²) >= 11 is 0. The monoisotopic (exact) mass is 454 g/mol. The van der Waals surface area contributed by atoms with Crippen LogP contribution in [-0.4, -0.2) is 30.7 Å². The summed E-state index contributed by atoms with van der Waals surface area (Å²) < 4.78 is 56.9. The van der Waals surface area contributed by atoms with Gasteiger partial charge < -0.3 is 19.1 Å². The Morgan fingerprint density at radius 3 is 2.48 bits per heavy atom. The summed E-state index contributed by atoms with van der Waals surface area (Å²) in [5.74, 6) is 1.34. The van der Waals surface area contributed by atoms with Crippen LogP contribution in [0, 0.1) is 0 Å². The summed E-state index contributed by atoms with van der Waals surface area (Å²) in [6, 6.07) is 12.6. The predicted molar refractivity (Wildman–Crippen MR) is 111 cm³/mol. The zero-order valence-corrected chi connectivity index (χ0v) is 17.2. The van der Waals surface area contributed by atoms with Crippen LogP contribution in [0.2, 0.25) is 0 Å². The number of aromatic nitrogens is 1. The molecule has 1 atom stereocenters. The molecule has 3 aliphatic rings. The summed E-state index contributed by atoms with van der Waals surface area (Å²) in [7, 11) is 0. The maximum atomic E-state index is 13.9. The summed E-state index contributed by atoms with van der Waals surface area (Å²) in [5.41, 5.74) is 0.226. The quantitative estimate of drug-likeness (QED) is 0.584. The second-order valence-corrected chi connectivity index (χ2v) is 8.13. The highest BCUT2D eigenvalue weighted by atomic mass is 19.4. The number of pyridine rings is 1. The zero-order valence-electron chi connectivity index (χ0n) is 17.2. The zero-order chi connectivity index (χ0) is 22.8. The normalized spacial score (nSPS) is 20.6. The Morgan fingerprint density at radius 1 is 0.939 bits per heavy atom. The number of fused-ring (bicyclic) bond motifs is 5. The van der Waals surface area contributed by atoms with Crippen LogP contribution in [0.3, 0.4) is 0 Å². The third-order valence-corrected chi connectivity index (χ3v) is 6.28. The molecule has 0 bridgehead atoms. The van der Waals surface area contributed by atoms with Gasteiger partial charge >= 0.3 is 6.18 Å². The molecule has 0 aliphatic carbocycles. The van der Waals surface area contributed by atoms with Crippen LogP contribution in [0.15, 0.2) is 54.7 Å². The molecular weight excluding hydrogens is 437 g/mol. The van der Waals surface area contributed by atoms with Gasteiger partial charge in [0, 0.05) is 23.5 Å². The van der Waals surface area contributed by atoms with E-state index in [0.717, 1.165) is 23.9 Å². The number of hydrogen-bond donors (Lipinski definition) is 0. The molecule has 0 N–H and O–H groups in total. The number of rotatable bonds is 2. The lowest BCUT2D eigenvalue weighted by atomic mass is 9.77. The van der Waals surface area contributed by atoms with Crippen LogP contribution in [-0.2, 0) is 22.9 Å². The molecule has 1 spiro atoms. The van der Waals surface area contributed by atoms with E-state index in [1.807, 2.05) is 12.1 Å². The van der Waals surface area contributed by atoms with Crippen LogP contribution in [0.5, 0.6) is 17.2 Å². The van der Waals surface area contributed by atoms with E-state index in [-0.39, 0.29) is 24.8 Å². The average molecular weight is 454 g/mol. The fraction of sp³-hybridized carbons (Fsp3) is 0.250. The van der Waals surface area contributed by atoms with Crippen LogP contribution in [0.1, 0.15) is 22.4 Å². The number of nitrogens with zero attached hydrogens (tertiary/aromatic N) is 2. The number of carbonyl (C=O) groups is 1. The van der Waals surface area contributed by atoms with Gasteiger partial charge in [0.15, 0.2) is 11.5 Å².